The molecule has 0 amide bonds. The predicted octanol–water partition coefficient (Wildman–Crippen LogP) is 5.93. The summed E-state index contributed by atoms with van der Waals surface area (Å²) in [6.07, 6.45) is 13.4. The average Bonchev–Trinajstić information content (AvgIpc) is 2.49. The second-order valence-corrected chi connectivity index (χ2v) is 6.13. The van der Waals surface area contributed by atoms with E-state index in [0.717, 1.165) is 12.7 Å². The highest BCUT2D eigenvalue weighted by Gasteiger charge is 2.05. The maximum Gasteiger partial charge on any atom is 0.142 e. The molecule has 1 nitrogen and oxygen atoms in total. The third-order valence-electron chi connectivity index (χ3n) is 3.99. The van der Waals surface area contributed by atoms with Gasteiger partial charge in [0.15, 0.2) is 0 Å². The highest BCUT2D eigenvalue weighted by atomic mass is 16.1. The predicted molar refractivity (Wildman–Crippen MR) is 92.7 cm³/mol. The zero-order valence-corrected chi connectivity index (χ0v) is 13.9. The summed E-state index contributed by atoms with van der Waals surface area (Å²) >= 11 is 0. The van der Waals surface area contributed by atoms with Crippen molar-refractivity contribution in [2.45, 2.75) is 71.6 Å². The van der Waals surface area contributed by atoms with Crippen molar-refractivity contribution in [3.63, 3.8) is 0 Å². The van der Waals surface area contributed by atoms with Gasteiger partial charge in [-0.05, 0) is 41.5 Å². The molecule has 21 heavy (non-hydrogen) atoms. The van der Waals surface area contributed by atoms with Crippen molar-refractivity contribution in [2.75, 3.05) is 0 Å². The lowest BCUT2D eigenvalue weighted by molar-refractivity contribution is -0.104. The summed E-state index contributed by atoms with van der Waals surface area (Å²) < 4.78 is 0. The zero-order valence-electron chi connectivity index (χ0n) is 13.9. The molecule has 1 aromatic rings. The van der Waals surface area contributed by atoms with Gasteiger partial charge in [-0.2, -0.15) is 0 Å². The van der Waals surface area contributed by atoms with Gasteiger partial charge in [0.05, 0.1) is 0 Å². The van der Waals surface area contributed by atoms with Gasteiger partial charge in [0, 0.05) is 0 Å². The van der Waals surface area contributed by atoms with Crippen LogP contribution in [0.3, 0.4) is 0 Å². The number of rotatable bonds is 10. The molecule has 0 aliphatic rings. The summed E-state index contributed by atoms with van der Waals surface area (Å²) in [6, 6.07) is 6.66. The minimum atomic E-state index is 0.553. The molecule has 0 aromatic heterocycles. The van der Waals surface area contributed by atoms with E-state index in [0.29, 0.717) is 5.92 Å². The second-order valence-electron chi connectivity index (χ2n) is 6.13. The molecule has 0 aliphatic heterocycles. The van der Waals surface area contributed by atoms with E-state index in [-0.39, 0.29) is 0 Å². The number of unbranched alkanes of at least 4 members (excludes halogenated alkanes) is 5. The van der Waals surface area contributed by atoms with Crippen molar-refractivity contribution >= 4 is 12.4 Å². The van der Waals surface area contributed by atoms with E-state index in [2.05, 4.69) is 39.0 Å². The molecule has 0 bridgehead atoms. The Morgan fingerprint density at radius 2 is 1.76 bits per heavy atom. The van der Waals surface area contributed by atoms with Crippen LogP contribution in [0.4, 0.5) is 0 Å². The SMILES string of the molecule is CCCCCCCCc1cc(C(C)C)ccc1/C=C/C=O. The van der Waals surface area contributed by atoms with Gasteiger partial charge >= 0.3 is 0 Å². The lowest BCUT2D eigenvalue weighted by atomic mass is 9.94. The molecule has 0 aliphatic carbocycles. The van der Waals surface area contributed by atoms with E-state index in [1.165, 1.54) is 55.2 Å². The van der Waals surface area contributed by atoms with Crippen LogP contribution >= 0.6 is 0 Å². The number of hydrogen-bond acceptors (Lipinski definition) is 1. The molecule has 0 atom stereocenters. The van der Waals surface area contributed by atoms with Crippen LogP contribution < -0.4 is 0 Å². The van der Waals surface area contributed by atoms with Gasteiger partial charge in [0.1, 0.15) is 6.29 Å². The standard InChI is InChI=1S/C20H30O/c1-4-5-6-7-8-9-11-20-16-19(17(2)3)14-13-18(20)12-10-15-21/h10,12-17H,4-9,11H2,1-3H3/b12-10+. The molecule has 1 heteroatoms. The lowest BCUT2D eigenvalue weighted by Gasteiger charge is -2.12. The minimum Gasteiger partial charge on any atom is -0.299 e. The number of carbonyl (C=O) groups excluding carboxylic acids is 1. The summed E-state index contributed by atoms with van der Waals surface area (Å²) in [7, 11) is 0. The van der Waals surface area contributed by atoms with Crippen molar-refractivity contribution in [1.82, 2.24) is 0 Å². The summed E-state index contributed by atoms with van der Waals surface area (Å²) in [4.78, 5) is 10.5. The highest BCUT2D eigenvalue weighted by molar-refractivity contribution is 5.74. The van der Waals surface area contributed by atoms with Gasteiger partial charge < -0.3 is 0 Å². The van der Waals surface area contributed by atoms with Crippen LogP contribution in [-0.4, -0.2) is 6.29 Å². The molecule has 0 heterocycles. The number of carbonyl (C=O) groups is 1. The molecular formula is C20H30O. The van der Waals surface area contributed by atoms with Crippen LogP contribution in [0.2, 0.25) is 0 Å². The first-order valence-corrected chi connectivity index (χ1v) is 8.43. The number of aldehydes is 1. The monoisotopic (exact) mass is 286 g/mol. The van der Waals surface area contributed by atoms with Crippen molar-refractivity contribution in [1.29, 1.82) is 0 Å². The van der Waals surface area contributed by atoms with Crippen molar-refractivity contribution in [3.05, 3.63) is 41.0 Å². The molecule has 0 fully saturated rings. The van der Waals surface area contributed by atoms with E-state index in [9.17, 15) is 4.79 Å². The molecule has 116 valence electrons. The fraction of sp³-hybridized carbons (Fsp3) is 0.550. The Labute approximate surface area is 130 Å². The van der Waals surface area contributed by atoms with Crippen LogP contribution in [0.1, 0.15) is 81.9 Å². The average molecular weight is 286 g/mol. The first-order valence-electron chi connectivity index (χ1n) is 8.43. The van der Waals surface area contributed by atoms with Gasteiger partial charge in [0.2, 0.25) is 0 Å². The topological polar surface area (TPSA) is 17.1 Å². The molecule has 0 N–H and O–H groups in total. The van der Waals surface area contributed by atoms with Gasteiger partial charge in [-0.25, -0.2) is 0 Å². The fourth-order valence-corrected chi connectivity index (χ4v) is 2.60. The van der Waals surface area contributed by atoms with Crippen LogP contribution in [0, 0.1) is 0 Å². The quantitative estimate of drug-likeness (QED) is 0.296. The zero-order chi connectivity index (χ0) is 15.5. The summed E-state index contributed by atoms with van der Waals surface area (Å²) in [5.41, 5.74) is 3.97. The Morgan fingerprint density at radius 3 is 2.43 bits per heavy atom. The fourth-order valence-electron chi connectivity index (χ4n) is 2.60. The maximum atomic E-state index is 10.5. The number of benzene rings is 1. The molecule has 1 rings (SSSR count). The minimum absolute atomic E-state index is 0.553. The van der Waals surface area contributed by atoms with E-state index >= 15 is 0 Å². The smallest absolute Gasteiger partial charge is 0.142 e. The first kappa shape index (κ1) is 17.7. The molecule has 0 spiro atoms. The van der Waals surface area contributed by atoms with Crippen molar-refractivity contribution in [2.24, 2.45) is 0 Å². The summed E-state index contributed by atoms with van der Waals surface area (Å²) in [5.74, 6) is 0.553. The van der Waals surface area contributed by atoms with Crippen LogP contribution in [0.15, 0.2) is 24.3 Å². The largest absolute Gasteiger partial charge is 0.299 e. The van der Waals surface area contributed by atoms with E-state index in [1.54, 1.807) is 6.08 Å². The molecule has 0 radical (unpaired) electrons. The Kier molecular flexibility index (Phi) is 8.73. The van der Waals surface area contributed by atoms with Gasteiger partial charge in [0.25, 0.3) is 0 Å². The molecule has 0 unspecified atom stereocenters. The van der Waals surface area contributed by atoms with Crippen LogP contribution in [-0.2, 0) is 11.2 Å². The Morgan fingerprint density at radius 1 is 1.05 bits per heavy atom. The van der Waals surface area contributed by atoms with Crippen molar-refractivity contribution < 1.29 is 4.79 Å². The number of aryl methyl sites for hydroxylation is 1. The van der Waals surface area contributed by atoms with E-state index < -0.39 is 0 Å². The van der Waals surface area contributed by atoms with Gasteiger partial charge in [-0.3, -0.25) is 4.79 Å². The van der Waals surface area contributed by atoms with Crippen molar-refractivity contribution in [3.8, 4) is 0 Å². The number of hydrogen-bond donors (Lipinski definition) is 0. The Hall–Kier alpha value is -1.37. The molecule has 0 saturated heterocycles. The van der Waals surface area contributed by atoms with E-state index in [4.69, 9.17) is 0 Å². The van der Waals surface area contributed by atoms with Gasteiger partial charge in [-0.15, -0.1) is 0 Å². The molecular weight excluding hydrogens is 256 g/mol. The molecule has 1 aromatic carbocycles. The first-order chi connectivity index (χ1) is 10.2. The third-order valence-corrected chi connectivity index (χ3v) is 3.99. The summed E-state index contributed by atoms with van der Waals surface area (Å²) in [5, 5.41) is 0. The van der Waals surface area contributed by atoms with Crippen LogP contribution in [0.25, 0.3) is 6.08 Å². The molecule has 0 saturated carbocycles. The third kappa shape index (κ3) is 6.75. The Balaban J connectivity index is 2.64. The number of allylic oxidation sites excluding steroid dienone is 1. The normalized spacial score (nSPS) is 11.4. The van der Waals surface area contributed by atoms with Gasteiger partial charge in [-0.1, -0.05) is 77.2 Å². The highest BCUT2D eigenvalue weighted by Crippen LogP contribution is 2.22. The second kappa shape index (κ2) is 10.4. The maximum absolute atomic E-state index is 10.5. The summed E-state index contributed by atoms with van der Waals surface area (Å²) in [6.45, 7) is 6.71. The lowest BCUT2D eigenvalue weighted by Crippen LogP contribution is -1.95. The van der Waals surface area contributed by atoms with Crippen LogP contribution in [0.5, 0.6) is 0 Å². The Bertz CT molecular complexity index is 443. The van der Waals surface area contributed by atoms with E-state index in [1.807, 2.05) is 6.08 Å².